The molecule has 21 heavy (non-hydrogen) atoms. The SMILES string of the molecule is NC(=O)C1CCN(c2nc(N)nc(N3CCCC3)n2)CC1. The summed E-state index contributed by atoms with van der Waals surface area (Å²) in [5.74, 6) is 1.25. The third-order valence-corrected chi connectivity index (χ3v) is 4.20. The molecule has 3 heterocycles. The molecule has 0 radical (unpaired) electrons. The second-order valence-electron chi connectivity index (χ2n) is 5.65. The van der Waals surface area contributed by atoms with E-state index in [2.05, 4.69) is 24.8 Å². The minimum atomic E-state index is -0.220. The highest BCUT2D eigenvalue weighted by Gasteiger charge is 2.26. The lowest BCUT2D eigenvalue weighted by molar-refractivity contribution is -0.122. The topological polar surface area (TPSA) is 114 Å². The van der Waals surface area contributed by atoms with E-state index in [0.717, 1.165) is 51.9 Å². The number of aromatic nitrogens is 3. The van der Waals surface area contributed by atoms with E-state index in [4.69, 9.17) is 11.5 Å². The van der Waals surface area contributed by atoms with Crippen LogP contribution in [0.1, 0.15) is 25.7 Å². The Bertz CT molecular complexity index is 521. The van der Waals surface area contributed by atoms with Gasteiger partial charge in [0.1, 0.15) is 0 Å². The van der Waals surface area contributed by atoms with Crippen molar-refractivity contribution in [2.24, 2.45) is 11.7 Å². The molecule has 0 saturated carbocycles. The number of anilines is 3. The highest BCUT2D eigenvalue weighted by Crippen LogP contribution is 2.23. The molecule has 2 fully saturated rings. The van der Waals surface area contributed by atoms with Crippen molar-refractivity contribution in [3.8, 4) is 0 Å². The van der Waals surface area contributed by atoms with E-state index in [9.17, 15) is 4.79 Å². The molecule has 0 atom stereocenters. The zero-order valence-corrected chi connectivity index (χ0v) is 12.0. The van der Waals surface area contributed by atoms with Gasteiger partial charge in [-0.1, -0.05) is 0 Å². The lowest BCUT2D eigenvalue weighted by Crippen LogP contribution is -2.39. The number of carbonyl (C=O) groups excluding carboxylic acids is 1. The summed E-state index contributed by atoms with van der Waals surface area (Å²) < 4.78 is 0. The molecule has 4 N–H and O–H groups in total. The summed E-state index contributed by atoms with van der Waals surface area (Å²) in [4.78, 5) is 28.4. The van der Waals surface area contributed by atoms with Crippen molar-refractivity contribution in [2.75, 3.05) is 41.7 Å². The molecule has 114 valence electrons. The second kappa shape index (κ2) is 5.71. The highest BCUT2D eigenvalue weighted by molar-refractivity contribution is 5.76. The van der Waals surface area contributed by atoms with Crippen molar-refractivity contribution in [3.05, 3.63) is 0 Å². The van der Waals surface area contributed by atoms with Crippen molar-refractivity contribution in [1.82, 2.24) is 15.0 Å². The molecule has 2 aliphatic heterocycles. The fourth-order valence-corrected chi connectivity index (χ4v) is 2.93. The van der Waals surface area contributed by atoms with Crippen LogP contribution in [0, 0.1) is 5.92 Å². The van der Waals surface area contributed by atoms with Gasteiger partial charge >= 0.3 is 0 Å². The Labute approximate surface area is 123 Å². The third-order valence-electron chi connectivity index (χ3n) is 4.20. The van der Waals surface area contributed by atoms with Crippen LogP contribution in [-0.4, -0.2) is 47.0 Å². The zero-order valence-electron chi connectivity index (χ0n) is 12.0. The Morgan fingerprint density at radius 1 is 0.952 bits per heavy atom. The van der Waals surface area contributed by atoms with E-state index in [0.29, 0.717) is 11.9 Å². The molecular weight excluding hydrogens is 270 g/mol. The molecule has 0 aliphatic carbocycles. The van der Waals surface area contributed by atoms with Gasteiger partial charge in [-0.15, -0.1) is 0 Å². The van der Waals surface area contributed by atoms with Gasteiger partial charge in [-0.25, -0.2) is 0 Å². The molecular formula is C13H21N7O. The van der Waals surface area contributed by atoms with Crippen LogP contribution in [0.15, 0.2) is 0 Å². The number of rotatable bonds is 3. The molecule has 1 amide bonds. The number of nitrogens with zero attached hydrogens (tertiary/aromatic N) is 5. The van der Waals surface area contributed by atoms with Crippen LogP contribution >= 0.6 is 0 Å². The van der Waals surface area contributed by atoms with Crippen molar-refractivity contribution < 1.29 is 4.79 Å². The first kappa shape index (κ1) is 13.8. The van der Waals surface area contributed by atoms with Gasteiger partial charge < -0.3 is 21.3 Å². The summed E-state index contributed by atoms with van der Waals surface area (Å²) in [5, 5.41) is 0. The van der Waals surface area contributed by atoms with Gasteiger partial charge in [0.15, 0.2) is 0 Å². The van der Waals surface area contributed by atoms with Gasteiger partial charge in [0.05, 0.1) is 0 Å². The minimum absolute atomic E-state index is 0.0431. The van der Waals surface area contributed by atoms with E-state index in [1.54, 1.807) is 0 Å². The molecule has 0 aromatic carbocycles. The van der Waals surface area contributed by atoms with Crippen molar-refractivity contribution in [3.63, 3.8) is 0 Å². The predicted octanol–water partition coefficient (Wildman–Crippen LogP) is -0.244. The third kappa shape index (κ3) is 2.98. The van der Waals surface area contributed by atoms with Crippen molar-refractivity contribution in [2.45, 2.75) is 25.7 Å². The first-order valence-corrected chi connectivity index (χ1v) is 7.44. The van der Waals surface area contributed by atoms with E-state index in [1.165, 1.54) is 0 Å². The van der Waals surface area contributed by atoms with Crippen molar-refractivity contribution >= 4 is 23.8 Å². The molecule has 0 spiro atoms. The van der Waals surface area contributed by atoms with Gasteiger partial charge in [0.2, 0.25) is 23.8 Å². The first-order chi connectivity index (χ1) is 10.1. The maximum atomic E-state index is 11.2. The van der Waals surface area contributed by atoms with Gasteiger partial charge in [0, 0.05) is 32.1 Å². The van der Waals surface area contributed by atoms with E-state index >= 15 is 0 Å². The van der Waals surface area contributed by atoms with Crippen LogP contribution in [0.5, 0.6) is 0 Å². The van der Waals surface area contributed by atoms with E-state index < -0.39 is 0 Å². The van der Waals surface area contributed by atoms with Crippen LogP contribution < -0.4 is 21.3 Å². The molecule has 0 unspecified atom stereocenters. The number of hydrogen-bond donors (Lipinski definition) is 2. The van der Waals surface area contributed by atoms with Gasteiger partial charge in [-0.3, -0.25) is 4.79 Å². The van der Waals surface area contributed by atoms with Crippen LogP contribution in [0.3, 0.4) is 0 Å². The van der Waals surface area contributed by atoms with Gasteiger partial charge in [0.25, 0.3) is 0 Å². The number of nitrogens with two attached hydrogens (primary N) is 2. The maximum Gasteiger partial charge on any atom is 0.231 e. The Morgan fingerprint density at radius 3 is 2.00 bits per heavy atom. The number of hydrogen-bond acceptors (Lipinski definition) is 7. The Kier molecular flexibility index (Phi) is 3.76. The number of amides is 1. The molecule has 8 nitrogen and oxygen atoms in total. The molecule has 2 aliphatic rings. The molecule has 3 rings (SSSR count). The number of carbonyl (C=O) groups is 1. The summed E-state index contributed by atoms with van der Waals surface area (Å²) in [6, 6.07) is 0. The zero-order chi connectivity index (χ0) is 14.8. The molecule has 8 heteroatoms. The maximum absolute atomic E-state index is 11.2. The quantitative estimate of drug-likeness (QED) is 0.789. The van der Waals surface area contributed by atoms with Crippen LogP contribution in [0.25, 0.3) is 0 Å². The normalized spacial score (nSPS) is 20.0. The fourth-order valence-electron chi connectivity index (χ4n) is 2.93. The Balaban J connectivity index is 1.74. The van der Waals surface area contributed by atoms with E-state index in [1.807, 2.05) is 0 Å². The van der Waals surface area contributed by atoms with Gasteiger partial charge in [-0.05, 0) is 25.7 Å². The summed E-state index contributed by atoms with van der Waals surface area (Å²) >= 11 is 0. The summed E-state index contributed by atoms with van der Waals surface area (Å²) in [6.07, 6.45) is 3.79. The average molecular weight is 291 g/mol. The van der Waals surface area contributed by atoms with Crippen LogP contribution in [0.2, 0.25) is 0 Å². The largest absolute Gasteiger partial charge is 0.369 e. The second-order valence-corrected chi connectivity index (χ2v) is 5.65. The molecule has 1 aromatic rings. The van der Waals surface area contributed by atoms with Crippen LogP contribution in [-0.2, 0) is 4.79 Å². The first-order valence-electron chi connectivity index (χ1n) is 7.44. The summed E-state index contributed by atoms with van der Waals surface area (Å²) in [5.41, 5.74) is 11.2. The van der Waals surface area contributed by atoms with Crippen molar-refractivity contribution in [1.29, 1.82) is 0 Å². The summed E-state index contributed by atoms with van der Waals surface area (Å²) in [6.45, 7) is 3.37. The van der Waals surface area contributed by atoms with Gasteiger partial charge in [-0.2, -0.15) is 15.0 Å². The lowest BCUT2D eigenvalue weighted by atomic mass is 9.96. The smallest absolute Gasteiger partial charge is 0.231 e. The number of piperidine rings is 1. The predicted molar refractivity (Wildman–Crippen MR) is 79.8 cm³/mol. The lowest BCUT2D eigenvalue weighted by Gasteiger charge is -2.31. The highest BCUT2D eigenvalue weighted by atomic mass is 16.1. The Morgan fingerprint density at radius 2 is 1.48 bits per heavy atom. The standard InChI is InChI=1S/C13H21N7O/c14-10(21)9-3-7-20(8-4-9)13-17-11(15)16-12(18-13)19-5-1-2-6-19/h9H,1-8H2,(H2,14,21)(H2,15,16,17,18). The number of primary amides is 1. The molecule has 2 saturated heterocycles. The number of nitrogen functional groups attached to an aromatic ring is 1. The fraction of sp³-hybridized carbons (Fsp3) is 0.692. The van der Waals surface area contributed by atoms with E-state index in [-0.39, 0.29) is 17.8 Å². The molecule has 0 bridgehead atoms. The monoisotopic (exact) mass is 291 g/mol. The average Bonchev–Trinajstić information content (AvgIpc) is 3.01. The van der Waals surface area contributed by atoms with Crippen LogP contribution in [0.4, 0.5) is 17.8 Å². The minimum Gasteiger partial charge on any atom is -0.369 e. The Hall–Kier alpha value is -2.12. The summed E-state index contributed by atoms with van der Waals surface area (Å²) in [7, 11) is 0. The molecule has 1 aromatic heterocycles.